The van der Waals surface area contributed by atoms with Gasteiger partial charge in [-0.25, -0.2) is 0 Å². The van der Waals surface area contributed by atoms with E-state index in [9.17, 15) is 5.11 Å². The van der Waals surface area contributed by atoms with E-state index >= 15 is 0 Å². The summed E-state index contributed by atoms with van der Waals surface area (Å²) in [5.41, 5.74) is -0.775. The van der Waals surface area contributed by atoms with Crippen LogP contribution in [0.3, 0.4) is 0 Å². The number of hydrogen-bond acceptors (Lipinski definition) is 5. The van der Waals surface area contributed by atoms with Crippen molar-refractivity contribution < 1.29 is 5.11 Å². The molecule has 0 aliphatic rings. The molecule has 0 amide bonds. The van der Waals surface area contributed by atoms with Crippen molar-refractivity contribution in [2.45, 2.75) is 39.5 Å². The second-order valence-corrected chi connectivity index (χ2v) is 5.09. The topological polar surface area (TPSA) is 68.3 Å². The molecule has 0 fully saturated rings. The number of nitrogens with one attached hydrogen (secondary N) is 4. The molecule has 0 bridgehead atoms. The average Bonchev–Trinajstić information content (AvgIpc) is 2.18. The van der Waals surface area contributed by atoms with Gasteiger partial charge >= 0.3 is 0 Å². The van der Waals surface area contributed by atoms with Crippen LogP contribution in [0.4, 0.5) is 0 Å². The van der Waals surface area contributed by atoms with Crippen LogP contribution in [0.1, 0.15) is 27.7 Å². The third-order valence-electron chi connectivity index (χ3n) is 2.19. The van der Waals surface area contributed by atoms with E-state index in [1.807, 2.05) is 0 Å². The minimum Gasteiger partial charge on any atom is -0.376 e. The molecule has 0 aromatic heterocycles. The minimum absolute atomic E-state index is 0.558. The Kier molecular flexibility index (Phi) is 9.68. The van der Waals surface area contributed by atoms with E-state index in [4.69, 9.17) is 0 Å². The lowest BCUT2D eigenvalue weighted by Crippen LogP contribution is -2.43. The first-order chi connectivity index (χ1) is 7.92. The van der Waals surface area contributed by atoms with Crippen LogP contribution in [0, 0.1) is 0 Å². The van der Waals surface area contributed by atoms with Crippen molar-refractivity contribution >= 4 is 0 Å². The van der Waals surface area contributed by atoms with E-state index in [0.717, 1.165) is 39.3 Å². The van der Waals surface area contributed by atoms with Gasteiger partial charge in [-0.15, -0.1) is 0 Å². The molecule has 0 spiro atoms. The molecular formula is C12H30N4O. The SMILES string of the molecule is CC(C)NCCNCCNCCNC(C)(C)O. The maximum atomic E-state index is 9.40. The first kappa shape index (κ1) is 16.8. The van der Waals surface area contributed by atoms with Crippen molar-refractivity contribution in [3.05, 3.63) is 0 Å². The standard InChI is InChI=1S/C12H30N4O/c1-11(2)15-9-7-13-5-6-14-8-10-16-12(3,4)17/h11,13-17H,5-10H2,1-4H3. The fraction of sp³-hybridized carbons (Fsp3) is 1.00. The summed E-state index contributed by atoms with van der Waals surface area (Å²) in [7, 11) is 0. The van der Waals surface area contributed by atoms with Crippen LogP contribution in [-0.4, -0.2) is 56.1 Å². The molecule has 0 radical (unpaired) electrons. The minimum atomic E-state index is -0.775. The van der Waals surface area contributed by atoms with Crippen LogP contribution < -0.4 is 21.3 Å². The number of aliphatic hydroxyl groups is 1. The molecule has 0 unspecified atom stereocenters. The molecule has 0 rings (SSSR count). The van der Waals surface area contributed by atoms with Gasteiger partial charge in [-0.1, -0.05) is 13.8 Å². The summed E-state index contributed by atoms with van der Waals surface area (Å²) in [4.78, 5) is 0. The molecule has 0 aromatic rings. The van der Waals surface area contributed by atoms with Crippen LogP contribution in [0.2, 0.25) is 0 Å². The average molecular weight is 246 g/mol. The Morgan fingerprint density at radius 2 is 1.35 bits per heavy atom. The Hall–Kier alpha value is -0.200. The van der Waals surface area contributed by atoms with Crippen LogP contribution >= 0.6 is 0 Å². The highest BCUT2D eigenvalue weighted by molar-refractivity contribution is 4.63. The van der Waals surface area contributed by atoms with Crippen molar-refractivity contribution in [2.75, 3.05) is 39.3 Å². The second kappa shape index (κ2) is 9.79. The third-order valence-corrected chi connectivity index (χ3v) is 2.19. The predicted molar refractivity (Wildman–Crippen MR) is 73.2 cm³/mol. The quantitative estimate of drug-likeness (QED) is 0.251. The fourth-order valence-electron chi connectivity index (χ4n) is 1.33. The second-order valence-electron chi connectivity index (χ2n) is 5.09. The number of hydrogen-bond donors (Lipinski definition) is 5. The van der Waals surface area contributed by atoms with Gasteiger partial charge in [0.15, 0.2) is 0 Å². The Balaban J connectivity index is 3.04. The normalized spacial score (nSPS) is 12.4. The highest BCUT2D eigenvalue weighted by Crippen LogP contribution is 1.91. The lowest BCUT2D eigenvalue weighted by molar-refractivity contribution is 0.0444. The highest BCUT2D eigenvalue weighted by Gasteiger charge is 2.08. The first-order valence-corrected chi connectivity index (χ1v) is 6.54. The van der Waals surface area contributed by atoms with E-state index in [0.29, 0.717) is 6.04 Å². The zero-order valence-electron chi connectivity index (χ0n) is 11.8. The molecule has 0 atom stereocenters. The van der Waals surface area contributed by atoms with E-state index in [1.165, 1.54) is 0 Å². The van der Waals surface area contributed by atoms with Gasteiger partial charge in [-0.2, -0.15) is 0 Å². The summed E-state index contributed by atoms with van der Waals surface area (Å²) >= 11 is 0. The lowest BCUT2D eigenvalue weighted by atomic mass is 10.3. The summed E-state index contributed by atoms with van der Waals surface area (Å²) in [6.45, 7) is 13.4. The zero-order valence-corrected chi connectivity index (χ0v) is 11.8. The van der Waals surface area contributed by atoms with Crippen LogP contribution in [0.25, 0.3) is 0 Å². The Morgan fingerprint density at radius 1 is 0.882 bits per heavy atom. The molecule has 0 aromatic carbocycles. The van der Waals surface area contributed by atoms with E-state index < -0.39 is 5.72 Å². The van der Waals surface area contributed by atoms with Crippen LogP contribution in [-0.2, 0) is 0 Å². The van der Waals surface area contributed by atoms with Crippen LogP contribution in [0.5, 0.6) is 0 Å². The molecule has 0 saturated heterocycles. The molecule has 5 N–H and O–H groups in total. The molecule has 0 aliphatic heterocycles. The smallest absolute Gasteiger partial charge is 0.110 e. The highest BCUT2D eigenvalue weighted by atomic mass is 16.3. The summed E-state index contributed by atoms with van der Waals surface area (Å²) in [6.07, 6.45) is 0. The summed E-state index contributed by atoms with van der Waals surface area (Å²) in [6, 6.07) is 0.558. The molecule has 0 saturated carbocycles. The molecule has 17 heavy (non-hydrogen) atoms. The first-order valence-electron chi connectivity index (χ1n) is 6.54. The van der Waals surface area contributed by atoms with Gasteiger partial charge in [0.05, 0.1) is 0 Å². The maximum Gasteiger partial charge on any atom is 0.110 e. The Labute approximate surface area is 106 Å². The Bertz CT molecular complexity index is 168. The molecule has 0 aliphatic carbocycles. The van der Waals surface area contributed by atoms with E-state index in [-0.39, 0.29) is 0 Å². The van der Waals surface area contributed by atoms with Crippen molar-refractivity contribution in [2.24, 2.45) is 0 Å². The molecule has 5 heteroatoms. The summed E-state index contributed by atoms with van der Waals surface area (Å²) in [5.74, 6) is 0. The Morgan fingerprint density at radius 3 is 1.82 bits per heavy atom. The van der Waals surface area contributed by atoms with Gasteiger partial charge in [0.1, 0.15) is 5.72 Å². The van der Waals surface area contributed by atoms with Crippen molar-refractivity contribution in [3.63, 3.8) is 0 Å². The largest absolute Gasteiger partial charge is 0.376 e. The van der Waals surface area contributed by atoms with Gasteiger partial charge in [-0.3, -0.25) is 5.32 Å². The monoisotopic (exact) mass is 246 g/mol. The van der Waals surface area contributed by atoms with Gasteiger partial charge in [0.25, 0.3) is 0 Å². The third kappa shape index (κ3) is 15.8. The molecular weight excluding hydrogens is 216 g/mol. The maximum absolute atomic E-state index is 9.40. The zero-order chi connectivity index (χ0) is 13.1. The molecule has 104 valence electrons. The lowest BCUT2D eigenvalue weighted by Gasteiger charge is -2.19. The van der Waals surface area contributed by atoms with E-state index in [1.54, 1.807) is 13.8 Å². The predicted octanol–water partition coefficient (Wildman–Crippen LogP) is -0.518. The van der Waals surface area contributed by atoms with Gasteiger partial charge in [-0.05, 0) is 13.8 Å². The van der Waals surface area contributed by atoms with Gasteiger partial charge in [0, 0.05) is 45.3 Å². The van der Waals surface area contributed by atoms with E-state index in [2.05, 4.69) is 35.1 Å². The molecule has 5 nitrogen and oxygen atoms in total. The van der Waals surface area contributed by atoms with Crippen molar-refractivity contribution in [1.29, 1.82) is 0 Å². The van der Waals surface area contributed by atoms with Gasteiger partial charge in [0.2, 0.25) is 0 Å². The summed E-state index contributed by atoms with van der Waals surface area (Å²) < 4.78 is 0. The van der Waals surface area contributed by atoms with Crippen molar-refractivity contribution in [3.8, 4) is 0 Å². The van der Waals surface area contributed by atoms with Crippen LogP contribution in [0.15, 0.2) is 0 Å². The fourth-order valence-corrected chi connectivity index (χ4v) is 1.33. The van der Waals surface area contributed by atoms with Gasteiger partial charge < -0.3 is 21.1 Å². The van der Waals surface area contributed by atoms with Crippen molar-refractivity contribution in [1.82, 2.24) is 21.3 Å². The summed E-state index contributed by atoms with van der Waals surface area (Å²) in [5, 5.41) is 22.4. The number of rotatable bonds is 11. The molecule has 0 heterocycles.